The fourth-order valence-corrected chi connectivity index (χ4v) is 6.38. The maximum Gasteiger partial charge on any atom is 0.417 e. The molecule has 204 valence electrons. The van der Waals surface area contributed by atoms with Gasteiger partial charge in [0.2, 0.25) is 5.91 Å². The van der Waals surface area contributed by atoms with E-state index in [0.29, 0.717) is 37.4 Å². The third kappa shape index (κ3) is 5.17. The van der Waals surface area contributed by atoms with E-state index < -0.39 is 23.9 Å². The number of rotatable bonds is 5. The lowest BCUT2D eigenvalue weighted by Crippen LogP contribution is -2.42. The van der Waals surface area contributed by atoms with Crippen molar-refractivity contribution in [2.75, 3.05) is 13.1 Å². The van der Waals surface area contributed by atoms with E-state index in [1.807, 2.05) is 11.0 Å². The number of ketones is 1. The van der Waals surface area contributed by atoms with Crippen LogP contribution in [0.3, 0.4) is 0 Å². The number of halogens is 3. The minimum absolute atomic E-state index is 0.0373. The Morgan fingerprint density at radius 2 is 1.90 bits per heavy atom. The summed E-state index contributed by atoms with van der Waals surface area (Å²) >= 11 is 0. The number of aromatic nitrogens is 2. The largest absolute Gasteiger partial charge is 0.417 e. The van der Waals surface area contributed by atoms with Crippen molar-refractivity contribution >= 4 is 22.7 Å². The van der Waals surface area contributed by atoms with Crippen LogP contribution in [0.5, 0.6) is 0 Å². The Hall–Kier alpha value is -3.67. The third-order valence-corrected chi connectivity index (χ3v) is 8.47. The van der Waals surface area contributed by atoms with Crippen molar-refractivity contribution in [2.45, 2.75) is 57.5 Å². The standard InChI is InChI=1S/C30H31F3N4O2/c1-18-5-3-8-23(18)29(39)37-11-9-20(10-12-37)24-17-36(2)28-26(24)27(30(31,32)33)22(16-35-28)14-25(38)21-7-4-6-19(13-21)15-34/h4,6-7,13,16-18,20,23H,3,5,8-12,14H2,1-2H3/t18-,23-/m1/s1. The number of alkyl halides is 3. The predicted molar refractivity (Wildman–Crippen MR) is 140 cm³/mol. The third-order valence-electron chi connectivity index (χ3n) is 8.47. The number of fused-ring (bicyclic) bond motifs is 1. The quantitative estimate of drug-likeness (QED) is 0.373. The van der Waals surface area contributed by atoms with Gasteiger partial charge in [0.1, 0.15) is 5.65 Å². The number of amides is 1. The van der Waals surface area contributed by atoms with Crippen molar-refractivity contribution in [3.05, 3.63) is 64.5 Å². The SMILES string of the molecule is C[C@@H]1CCC[C@H]1C(=O)N1CCC(c2cn(C)c3ncc(CC(=O)c4cccc(C#N)c4)c(C(F)(F)F)c23)CC1. The molecule has 1 aromatic carbocycles. The molecular weight excluding hydrogens is 505 g/mol. The Bertz CT molecular complexity index is 1460. The average Bonchev–Trinajstić information content (AvgIpc) is 3.50. The molecule has 0 unspecified atom stereocenters. The Morgan fingerprint density at radius 3 is 2.54 bits per heavy atom. The van der Waals surface area contributed by atoms with Crippen molar-refractivity contribution < 1.29 is 22.8 Å². The van der Waals surface area contributed by atoms with Gasteiger partial charge in [-0.3, -0.25) is 9.59 Å². The fourth-order valence-electron chi connectivity index (χ4n) is 6.38. The summed E-state index contributed by atoms with van der Waals surface area (Å²) < 4.78 is 45.5. The molecule has 2 aromatic heterocycles. The summed E-state index contributed by atoms with van der Waals surface area (Å²) in [7, 11) is 1.68. The van der Waals surface area contributed by atoms with Crippen LogP contribution in [-0.2, 0) is 24.4 Å². The minimum Gasteiger partial charge on any atom is -0.342 e. The van der Waals surface area contributed by atoms with Gasteiger partial charge in [0.05, 0.1) is 17.2 Å². The van der Waals surface area contributed by atoms with E-state index >= 15 is 0 Å². The molecule has 6 nitrogen and oxygen atoms in total. The number of aryl methyl sites for hydroxylation is 1. The summed E-state index contributed by atoms with van der Waals surface area (Å²) in [6.07, 6.45) is 1.87. The minimum atomic E-state index is -4.70. The van der Waals surface area contributed by atoms with Gasteiger partial charge in [-0.2, -0.15) is 18.4 Å². The van der Waals surface area contributed by atoms with Crippen molar-refractivity contribution in [1.29, 1.82) is 5.26 Å². The van der Waals surface area contributed by atoms with E-state index in [1.54, 1.807) is 17.8 Å². The molecule has 1 aliphatic heterocycles. The Kier molecular flexibility index (Phi) is 7.23. The van der Waals surface area contributed by atoms with E-state index in [2.05, 4.69) is 11.9 Å². The van der Waals surface area contributed by atoms with Crippen molar-refractivity contribution in [1.82, 2.24) is 14.5 Å². The molecule has 1 amide bonds. The van der Waals surface area contributed by atoms with Gasteiger partial charge in [-0.25, -0.2) is 4.98 Å². The number of nitrogens with zero attached hydrogens (tertiary/aromatic N) is 4. The lowest BCUT2D eigenvalue weighted by Gasteiger charge is -2.34. The summed E-state index contributed by atoms with van der Waals surface area (Å²) in [5, 5.41) is 9.17. The van der Waals surface area contributed by atoms with Gasteiger partial charge in [0.15, 0.2) is 5.78 Å². The van der Waals surface area contributed by atoms with Gasteiger partial charge < -0.3 is 9.47 Å². The molecule has 2 aliphatic rings. The number of hydrogen-bond donors (Lipinski definition) is 0. The Morgan fingerprint density at radius 1 is 1.15 bits per heavy atom. The molecule has 2 fully saturated rings. The van der Waals surface area contributed by atoms with Crippen LogP contribution in [0.4, 0.5) is 13.2 Å². The first-order valence-corrected chi connectivity index (χ1v) is 13.4. The molecular formula is C30H31F3N4O2. The van der Waals surface area contributed by atoms with Crippen LogP contribution in [-0.4, -0.2) is 39.2 Å². The van der Waals surface area contributed by atoms with Gasteiger partial charge in [-0.1, -0.05) is 25.5 Å². The van der Waals surface area contributed by atoms with Crippen molar-refractivity contribution in [2.24, 2.45) is 18.9 Å². The van der Waals surface area contributed by atoms with Crippen LogP contribution in [0.15, 0.2) is 36.7 Å². The number of pyridine rings is 1. The highest BCUT2D eigenvalue weighted by Crippen LogP contribution is 2.43. The van der Waals surface area contributed by atoms with E-state index in [1.165, 1.54) is 24.3 Å². The summed E-state index contributed by atoms with van der Waals surface area (Å²) in [4.78, 5) is 32.3. The van der Waals surface area contributed by atoms with Gasteiger partial charge in [-0.05, 0) is 60.8 Å². The van der Waals surface area contributed by atoms with Gasteiger partial charge in [-0.15, -0.1) is 0 Å². The second-order valence-corrected chi connectivity index (χ2v) is 11.0. The lowest BCUT2D eigenvalue weighted by atomic mass is 9.86. The molecule has 0 spiro atoms. The number of carbonyl (C=O) groups excluding carboxylic acids is 2. The number of nitriles is 1. The van der Waals surface area contributed by atoms with E-state index in [-0.39, 0.29) is 45.5 Å². The van der Waals surface area contributed by atoms with Crippen LogP contribution in [0, 0.1) is 23.2 Å². The monoisotopic (exact) mass is 536 g/mol. The highest BCUT2D eigenvalue weighted by molar-refractivity contribution is 5.99. The highest BCUT2D eigenvalue weighted by atomic mass is 19.4. The molecule has 1 saturated heterocycles. The topological polar surface area (TPSA) is 79.0 Å². The van der Waals surface area contributed by atoms with Gasteiger partial charge in [0, 0.05) is 55.8 Å². The summed E-state index contributed by atoms with van der Waals surface area (Å²) in [6, 6.07) is 7.91. The van der Waals surface area contributed by atoms with Crippen LogP contribution in [0.2, 0.25) is 0 Å². The number of piperidine rings is 1. The molecule has 3 heterocycles. The molecule has 0 radical (unpaired) electrons. The van der Waals surface area contributed by atoms with E-state index in [9.17, 15) is 22.8 Å². The second kappa shape index (κ2) is 10.5. The van der Waals surface area contributed by atoms with Crippen LogP contribution in [0.25, 0.3) is 11.0 Å². The van der Waals surface area contributed by atoms with Gasteiger partial charge in [0.25, 0.3) is 0 Å². The summed E-state index contributed by atoms with van der Waals surface area (Å²) in [5.41, 5.74) is 0.226. The normalized spacial score (nSPS) is 20.4. The maximum absolute atomic E-state index is 14.6. The predicted octanol–water partition coefficient (Wildman–Crippen LogP) is 6.03. The molecule has 2 atom stereocenters. The molecule has 39 heavy (non-hydrogen) atoms. The number of carbonyl (C=O) groups is 2. The zero-order valence-corrected chi connectivity index (χ0v) is 22.1. The molecule has 1 aliphatic carbocycles. The number of benzene rings is 1. The highest BCUT2D eigenvalue weighted by Gasteiger charge is 2.40. The Labute approximate surface area is 225 Å². The van der Waals surface area contributed by atoms with Crippen LogP contribution < -0.4 is 0 Å². The first kappa shape index (κ1) is 26.9. The average molecular weight is 537 g/mol. The molecule has 0 N–H and O–H groups in total. The molecule has 9 heteroatoms. The zero-order chi connectivity index (χ0) is 27.9. The van der Waals surface area contributed by atoms with Crippen LogP contribution >= 0.6 is 0 Å². The summed E-state index contributed by atoms with van der Waals surface area (Å²) in [5.74, 6) is -0.0642. The number of likely N-dealkylation sites (tertiary alicyclic amines) is 1. The van der Waals surface area contributed by atoms with Crippen molar-refractivity contribution in [3.63, 3.8) is 0 Å². The molecule has 1 saturated carbocycles. The molecule has 0 bridgehead atoms. The zero-order valence-electron chi connectivity index (χ0n) is 22.1. The second-order valence-electron chi connectivity index (χ2n) is 11.0. The molecule has 5 rings (SSSR count). The lowest BCUT2D eigenvalue weighted by molar-refractivity contribution is -0.137. The number of Topliss-reactive ketones (excluding diaryl/α,β-unsaturated/α-hetero) is 1. The van der Waals surface area contributed by atoms with E-state index in [0.717, 1.165) is 25.5 Å². The van der Waals surface area contributed by atoms with Crippen LogP contribution in [0.1, 0.15) is 77.6 Å². The van der Waals surface area contributed by atoms with E-state index in [4.69, 9.17) is 5.26 Å². The first-order valence-electron chi connectivity index (χ1n) is 13.4. The maximum atomic E-state index is 14.6. The van der Waals surface area contributed by atoms with Gasteiger partial charge >= 0.3 is 6.18 Å². The Balaban J connectivity index is 1.46. The smallest absolute Gasteiger partial charge is 0.342 e. The fraction of sp³-hybridized carbons (Fsp3) is 0.467. The number of hydrogen-bond acceptors (Lipinski definition) is 4. The summed E-state index contributed by atoms with van der Waals surface area (Å²) in [6.45, 7) is 3.16. The molecule has 3 aromatic rings. The van der Waals surface area contributed by atoms with Crippen molar-refractivity contribution in [3.8, 4) is 6.07 Å². The first-order chi connectivity index (χ1) is 18.6.